The molecule has 0 amide bonds. The van der Waals surface area contributed by atoms with Crippen LogP contribution < -0.4 is 5.73 Å². The van der Waals surface area contributed by atoms with E-state index >= 15 is 0 Å². The molecule has 1 aliphatic carbocycles. The molecule has 0 aromatic heterocycles. The molecule has 1 saturated carbocycles. The van der Waals surface area contributed by atoms with Crippen molar-refractivity contribution >= 4 is 11.6 Å². The van der Waals surface area contributed by atoms with Crippen LogP contribution in [-0.2, 0) is 6.42 Å². The quantitative estimate of drug-likeness (QED) is 0.836. The van der Waals surface area contributed by atoms with E-state index in [0.717, 1.165) is 17.9 Å². The van der Waals surface area contributed by atoms with E-state index < -0.39 is 0 Å². The molecule has 82 valence electrons. The lowest BCUT2D eigenvalue weighted by Crippen LogP contribution is -2.22. The van der Waals surface area contributed by atoms with Gasteiger partial charge in [-0.2, -0.15) is 0 Å². The number of benzene rings is 1. The maximum Gasteiger partial charge on any atom is 0.0438 e. The highest BCUT2D eigenvalue weighted by atomic mass is 35.5. The first-order valence-electron chi connectivity index (χ1n) is 5.55. The van der Waals surface area contributed by atoms with E-state index in [1.165, 1.54) is 29.5 Å². The zero-order valence-electron chi connectivity index (χ0n) is 9.44. The zero-order valence-corrected chi connectivity index (χ0v) is 10.2. The van der Waals surface area contributed by atoms with Gasteiger partial charge in [-0.15, -0.1) is 0 Å². The van der Waals surface area contributed by atoms with Crippen LogP contribution in [0.2, 0.25) is 5.02 Å². The number of halogens is 1. The number of hydrogen-bond acceptors (Lipinski definition) is 1. The summed E-state index contributed by atoms with van der Waals surface area (Å²) >= 11 is 6.12. The summed E-state index contributed by atoms with van der Waals surface area (Å²) in [5, 5.41) is 0.873. The van der Waals surface area contributed by atoms with Crippen LogP contribution in [0.3, 0.4) is 0 Å². The largest absolute Gasteiger partial charge is 0.325 e. The van der Waals surface area contributed by atoms with Crippen molar-refractivity contribution < 1.29 is 0 Å². The maximum absolute atomic E-state index is 6.12. The summed E-state index contributed by atoms with van der Waals surface area (Å²) in [7, 11) is 0. The van der Waals surface area contributed by atoms with Crippen molar-refractivity contribution in [2.75, 3.05) is 0 Å². The van der Waals surface area contributed by atoms with Gasteiger partial charge in [0.25, 0.3) is 0 Å². The summed E-state index contributed by atoms with van der Waals surface area (Å²) in [6.07, 6.45) is 4.53. The molecule has 0 bridgehead atoms. The fraction of sp³-hybridized carbons (Fsp3) is 0.538. The van der Waals surface area contributed by atoms with Crippen molar-refractivity contribution in [2.24, 2.45) is 5.73 Å². The third-order valence-electron chi connectivity index (χ3n) is 3.53. The number of aryl methyl sites for hydroxylation is 1. The standard InChI is InChI=1S/C13H18ClN/c1-9-3-4-12(14)10(2)11(9)5-6-13(15)7-8-13/h3-4H,5-8,15H2,1-2H3. The minimum atomic E-state index is 0.140. The van der Waals surface area contributed by atoms with E-state index in [4.69, 9.17) is 17.3 Å². The SMILES string of the molecule is Cc1ccc(Cl)c(C)c1CCC1(N)CC1. The first kappa shape index (κ1) is 11.0. The van der Waals surface area contributed by atoms with Crippen molar-refractivity contribution in [3.05, 3.63) is 33.8 Å². The molecular weight excluding hydrogens is 206 g/mol. The topological polar surface area (TPSA) is 26.0 Å². The minimum absolute atomic E-state index is 0.140. The van der Waals surface area contributed by atoms with Crippen LogP contribution in [0.4, 0.5) is 0 Å². The molecule has 1 aromatic rings. The first-order chi connectivity index (χ1) is 7.02. The second-order valence-corrected chi connectivity index (χ2v) is 5.24. The Morgan fingerprint density at radius 1 is 1.33 bits per heavy atom. The summed E-state index contributed by atoms with van der Waals surface area (Å²) in [5.41, 5.74) is 10.2. The van der Waals surface area contributed by atoms with Crippen LogP contribution in [-0.4, -0.2) is 5.54 Å². The summed E-state index contributed by atoms with van der Waals surface area (Å²) < 4.78 is 0. The van der Waals surface area contributed by atoms with Gasteiger partial charge in [-0.3, -0.25) is 0 Å². The molecule has 1 fully saturated rings. The molecule has 0 unspecified atom stereocenters. The Morgan fingerprint density at radius 3 is 2.60 bits per heavy atom. The second-order valence-electron chi connectivity index (χ2n) is 4.83. The third-order valence-corrected chi connectivity index (χ3v) is 3.94. The first-order valence-corrected chi connectivity index (χ1v) is 5.93. The van der Waals surface area contributed by atoms with Crippen molar-refractivity contribution in [1.29, 1.82) is 0 Å². The fourth-order valence-electron chi connectivity index (χ4n) is 2.03. The Labute approximate surface area is 96.6 Å². The molecule has 0 aliphatic heterocycles. The average Bonchev–Trinajstić information content (AvgIpc) is 2.91. The second kappa shape index (κ2) is 3.80. The van der Waals surface area contributed by atoms with Crippen molar-refractivity contribution in [3.63, 3.8) is 0 Å². The molecule has 15 heavy (non-hydrogen) atoms. The highest BCUT2D eigenvalue weighted by Crippen LogP contribution is 2.37. The van der Waals surface area contributed by atoms with Crippen LogP contribution in [0.1, 0.15) is 36.0 Å². The Hall–Kier alpha value is -0.530. The molecule has 1 aliphatic rings. The van der Waals surface area contributed by atoms with Gasteiger partial charge >= 0.3 is 0 Å². The minimum Gasteiger partial charge on any atom is -0.325 e. The molecule has 2 heteroatoms. The average molecular weight is 224 g/mol. The summed E-state index contributed by atoms with van der Waals surface area (Å²) in [5.74, 6) is 0. The lowest BCUT2D eigenvalue weighted by molar-refractivity contribution is 0.607. The monoisotopic (exact) mass is 223 g/mol. The van der Waals surface area contributed by atoms with E-state index in [1.807, 2.05) is 6.07 Å². The highest BCUT2D eigenvalue weighted by molar-refractivity contribution is 6.31. The van der Waals surface area contributed by atoms with E-state index in [2.05, 4.69) is 19.9 Å². The van der Waals surface area contributed by atoms with Gasteiger partial charge in [0, 0.05) is 10.6 Å². The smallest absolute Gasteiger partial charge is 0.0438 e. The van der Waals surface area contributed by atoms with Gasteiger partial charge in [-0.1, -0.05) is 17.7 Å². The van der Waals surface area contributed by atoms with Crippen LogP contribution in [0.5, 0.6) is 0 Å². The normalized spacial score (nSPS) is 17.9. The Balaban J connectivity index is 2.16. The van der Waals surface area contributed by atoms with E-state index in [0.29, 0.717) is 0 Å². The molecule has 1 aromatic carbocycles. The molecule has 0 radical (unpaired) electrons. The van der Waals surface area contributed by atoms with Gasteiger partial charge in [0.05, 0.1) is 0 Å². The predicted octanol–water partition coefficient (Wildman–Crippen LogP) is 3.38. The number of nitrogens with two attached hydrogens (primary N) is 1. The molecule has 2 N–H and O–H groups in total. The van der Waals surface area contributed by atoms with Crippen molar-refractivity contribution in [2.45, 2.75) is 45.1 Å². The zero-order chi connectivity index (χ0) is 11.1. The lowest BCUT2D eigenvalue weighted by Gasteiger charge is -2.13. The van der Waals surface area contributed by atoms with Crippen molar-refractivity contribution in [3.8, 4) is 0 Å². The Bertz CT molecular complexity index is 380. The summed E-state index contributed by atoms with van der Waals surface area (Å²) in [6, 6.07) is 4.08. The van der Waals surface area contributed by atoms with Gasteiger partial charge in [0.2, 0.25) is 0 Å². The van der Waals surface area contributed by atoms with Gasteiger partial charge < -0.3 is 5.73 Å². The predicted molar refractivity (Wildman–Crippen MR) is 65.4 cm³/mol. The van der Waals surface area contributed by atoms with Crippen LogP contribution >= 0.6 is 11.6 Å². The maximum atomic E-state index is 6.12. The molecule has 0 saturated heterocycles. The Kier molecular flexibility index (Phi) is 2.78. The van der Waals surface area contributed by atoms with Gasteiger partial charge in [0.15, 0.2) is 0 Å². The Morgan fingerprint density at radius 2 is 2.00 bits per heavy atom. The highest BCUT2D eigenvalue weighted by Gasteiger charge is 2.37. The lowest BCUT2D eigenvalue weighted by atomic mass is 9.96. The van der Waals surface area contributed by atoms with Crippen LogP contribution in [0.15, 0.2) is 12.1 Å². The van der Waals surface area contributed by atoms with E-state index in [1.54, 1.807) is 0 Å². The molecule has 2 rings (SSSR count). The van der Waals surface area contributed by atoms with Gasteiger partial charge in [0.1, 0.15) is 0 Å². The number of rotatable bonds is 3. The van der Waals surface area contributed by atoms with Gasteiger partial charge in [-0.25, -0.2) is 0 Å². The number of hydrogen-bond donors (Lipinski definition) is 1. The summed E-state index contributed by atoms with van der Waals surface area (Å²) in [4.78, 5) is 0. The van der Waals surface area contributed by atoms with Crippen LogP contribution in [0.25, 0.3) is 0 Å². The molecule has 0 atom stereocenters. The van der Waals surface area contributed by atoms with Crippen molar-refractivity contribution in [1.82, 2.24) is 0 Å². The molecule has 0 spiro atoms. The fourth-order valence-corrected chi connectivity index (χ4v) is 2.21. The summed E-state index contributed by atoms with van der Waals surface area (Å²) in [6.45, 7) is 4.25. The van der Waals surface area contributed by atoms with E-state index in [-0.39, 0.29) is 5.54 Å². The molecular formula is C13H18ClN. The van der Waals surface area contributed by atoms with Gasteiger partial charge in [-0.05, 0) is 62.3 Å². The third kappa shape index (κ3) is 2.35. The van der Waals surface area contributed by atoms with Crippen LogP contribution in [0, 0.1) is 13.8 Å². The van der Waals surface area contributed by atoms with E-state index in [9.17, 15) is 0 Å². The molecule has 1 nitrogen and oxygen atoms in total. The molecule has 0 heterocycles.